The summed E-state index contributed by atoms with van der Waals surface area (Å²) >= 11 is 0. The first-order chi connectivity index (χ1) is 11.9. The van der Waals surface area contributed by atoms with Crippen LogP contribution in [0.15, 0.2) is 71.6 Å². The second-order valence-corrected chi connectivity index (χ2v) is 7.65. The molecule has 128 valence electrons. The standard InChI is InChI=1S/C20H19NO3S/c1-14-7-10-17(11-8-14)25(23,24)21-20-12-9-16(22)13-19(20)18-6-4-3-5-15(18)2/h3-13,21-22H,1-2H3. The van der Waals surface area contributed by atoms with E-state index in [2.05, 4.69) is 4.72 Å². The van der Waals surface area contributed by atoms with Crippen molar-refractivity contribution >= 4 is 15.7 Å². The van der Waals surface area contributed by atoms with Crippen molar-refractivity contribution in [3.05, 3.63) is 77.9 Å². The zero-order chi connectivity index (χ0) is 18.0. The van der Waals surface area contributed by atoms with E-state index in [1.165, 1.54) is 6.07 Å². The van der Waals surface area contributed by atoms with Gasteiger partial charge in [-0.05, 0) is 55.3 Å². The maximum absolute atomic E-state index is 12.7. The van der Waals surface area contributed by atoms with Crippen molar-refractivity contribution in [2.45, 2.75) is 18.7 Å². The van der Waals surface area contributed by atoms with Crippen LogP contribution in [0.5, 0.6) is 5.75 Å². The molecule has 0 saturated carbocycles. The Labute approximate surface area is 147 Å². The number of sulfonamides is 1. The fraction of sp³-hybridized carbons (Fsp3) is 0.100. The van der Waals surface area contributed by atoms with Crippen molar-refractivity contribution < 1.29 is 13.5 Å². The van der Waals surface area contributed by atoms with E-state index in [9.17, 15) is 13.5 Å². The number of phenols is 1. The van der Waals surface area contributed by atoms with Crippen LogP contribution in [-0.2, 0) is 10.0 Å². The average molecular weight is 353 g/mol. The fourth-order valence-electron chi connectivity index (χ4n) is 2.64. The number of nitrogens with one attached hydrogen (secondary N) is 1. The summed E-state index contributed by atoms with van der Waals surface area (Å²) in [6.45, 7) is 3.84. The summed E-state index contributed by atoms with van der Waals surface area (Å²) < 4.78 is 28.0. The molecule has 5 heteroatoms. The first kappa shape index (κ1) is 17.0. The highest BCUT2D eigenvalue weighted by atomic mass is 32.2. The molecular weight excluding hydrogens is 334 g/mol. The second-order valence-electron chi connectivity index (χ2n) is 5.96. The smallest absolute Gasteiger partial charge is 0.261 e. The van der Waals surface area contributed by atoms with Gasteiger partial charge >= 0.3 is 0 Å². The number of aromatic hydroxyl groups is 1. The topological polar surface area (TPSA) is 66.4 Å². The third-order valence-corrected chi connectivity index (χ3v) is 5.40. The zero-order valence-corrected chi connectivity index (χ0v) is 14.8. The van der Waals surface area contributed by atoms with Crippen molar-refractivity contribution in [3.8, 4) is 16.9 Å². The number of anilines is 1. The highest BCUT2D eigenvalue weighted by Crippen LogP contribution is 2.34. The van der Waals surface area contributed by atoms with Gasteiger partial charge in [0.2, 0.25) is 0 Å². The molecule has 3 rings (SSSR count). The molecule has 2 N–H and O–H groups in total. The molecule has 0 fully saturated rings. The summed E-state index contributed by atoms with van der Waals surface area (Å²) in [5.74, 6) is 0.0801. The normalized spacial score (nSPS) is 11.3. The summed E-state index contributed by atoms with van der Waals surface area (Å²) in [5.41, 5.74) is 3.90. The highest BCUT2D eigenvalue weighted by Gasteiger charge is 2.17. The molecule has 4 nitrogen and oxygen atoms in total. The predicted molar refractivity (Wildman–Crippen MR) is 100 cm³/mol. The van der Waals surface area contributed by atoms with Crippen molar-refractivity contribution in [3.63, 3.8) is 0 Å². The lowest BCUT2D eigenvalue weighted by atomic mass is 9.99. The van der Waals surface area contributed by atoms with Crippen molar-refractivity contribution in [2.24, 2.45) is 0 Å². The van der Waals surface area contributed by atoms with Crippen molar-refractivity contribution in [1.29, 1.82) is 0 Å². The summed E-state index contributed by atoms with van der Waals surface area (Å²) in [6, 6.07) is 18.9. The summed E-state index contributed by atoms with van der Waals surface area (Å²) in [4.78, 5) is 0.196. The Morgan fingerprint density at radius 2 is 1.52 bits per heavy atom. The molecule has 0 aliphatic rings. The van der Waals surface area contributed by atoms with Crippen LogP contribution in [0.1, 0.15) is 11.1 Å². The lowest BCUT2D eigenvalue weighted by Gasteiger charge is -2.15. The largest absolute Gasteiger partial charge is 0.508 e. The maximum atomic E-state index is 12.7. The Morgan fingerprint density at radius 3 is 2.20 bits per heavy atom. The minimum Gasteiger partial charge on any atom is -0.508 e. The number of aryl methyl sites for hydroxylation is 2. The van der Waals surface area contributed by atoms with Gasteiger partial charge in [-0.2, -0.15) is 0 Å². The molecule has 0 aromatic heterocycles. The summed E-state index contributed by atoms with van der Waals surface area (Å²) in [5, 5.41) is 9.86. The van der Waals surface area contributed by atoms with Crippen LogP contribution in [-0.4, -0.2) is 13.5 Å². The quantitative estimate of drug-likeness (QED) is 0.680. The van der Waals surface area contributed by atoms with E-state index in [-0.39, 0.29) is 10.6 Å². The minimum atomic E-state index is -3.72. The van der Waals surface area contributed by atoms with E-state index in [0.29, 0.717) is 11.3 Å². The van der Waals surface area contributed by atoms with Gasteiger partial charge in [-0.15, -0.1) is 0 Å². The molecule has 0 amide bonds. The Bertz CT molecular complexity index is 1010. The fourth-order valence-corrected chi connectivity index (χ4v) is 3.72. The minimum absolute atomic E-state index is 0.0801. The van der Waals surface area contributed by atoms with Crippen LogP contribution >= 0.6 is 0 Å². The van der Waals surface area contributed by atoms with Crippen LogP contribution in [0.3, 0.4) is 0 Å². The van der Waals surface area contributed by atoms with Gasteiger partial charge in [0.15, 0.2) is 0 Å². The van der Waals surface area contributed by atoms with E-state index in [1.54, 1.807) is 36.4 Å². The number of rotatable bonds is 4. The molecule has 3 aromatic carbocycles. The lowest BCUT2D eigenvalue weighted by molar-refractivity contribution is 0.475. The van der Waals surface area contributed by atoms with Crippen LogP contribution in [0.25, 0.3) is 11.1 Å². The van der Waals surface area contributed by atoms with Gasteiger partial charge in [-0.25, -0.2) is 8.42 Å². The van der Waals surface area contributed by atoms with Crippen LogP contribution in [0.4, 0.5) is 5.69 Å². The van der Waals surface area contributed by atoms with Crippen molar-refractivity contribution in [1.82, 2.24) is 0 Å². The third-order valence-electron chi connectivity index (χ3n) is 4.01. The monoisotopic (exact) mass is 353 g/mol. The number of phenolic OH excluding ortho intramolecular Hbond substituents is 1. The maximum Gasteiger partial charge on any atom is 0.261 e. The van der Waals surface area contributed by atoms with Crippen LogP contribution < -0.4 is 4.72 Å². The van der Waals surface area contributed by atoms with Gasteiger partial charge < -0.3 is 5.11 Å². The van der Waals surface area contributed by atoms with E-state index < -0.39 is 10.0 Å². The molecule has 0 aliphatic carbocycles. The number of hydrogen-bond donors (Lipinski definition) is 2. The molecule has 3 aromatic rings. The number of benzene rings is 3. The van der Waals surface area contributed by atoms with Gasteiger partial charge in [0.1, 0.15) is 5.75 Å². The molecule has 0 unspecified atom stereocenters. The predicted octanol–water partition coefficient (Wildman–Crippen LogP) is 4.48. The Kier molecular flexibility index (Phi) is 4.51. The van der Waals surface area contributed by atoms with Gasteiger partial charge in [0.05, 0.1) is 10.6 Å². The van der Waals surface area contributed by atoms with Gasteiger partial charge in [0.25, 0.3) is 10.0 Å². The van der Waals surface area contributed by atoms with Crippen LogP contribution in [0, 0.1) is 13.8 Å². The van der Waals surface area contributed by atoms with Crippen molar-refractivity contribution in [2.75, 3.05) is 4.72 Å². The average Bonchev–Trinajstić information content (AvgIpc) is 2.57. The third kappa shape index (κ3) is 3.67. The van der Waals surface area contributed by atoms with E-state index in [0.717, 1.165) is 16.7 Å². The Balaban J connectivity index is 2.06. The summed E-state index contributed by atoms with van der Waals surface area (Å²) in [6.07, 6.45) is 0. The SMILES string of the molecule is Cc1ccc(S(=O)(=O)Nc2ccc(O)cc2-c2ccccc2C)cc1. The lowest BCUT2D eigenvalue weighted by Crippen LogP contribution is -2.13. The molecule has 0 bridgehead atoms. The molecule has 25 heavy (non-hydrogen) atoms. The highest BCUT2D eigenvalue weighted by molar-refractivity contribution is 7.92. The molecule has 0 aliphatic heterocycles. The first-order valence-electron chi connectivity index (χ1n) is 7.85. The molecule has 0 atom stereocenters. The number of hydrogen-bond acceptors (Lipinski definition) is 3. The Hall–Kier alpha value is -2.79. The molecule has 0 heterocycles. The van der Waals surface area contributed by atoms with Gasteiger partial charge in [-0.3, -0.25) is 4.72 Å². The second kappa shape index (κ2) is 6.61. The van der Waals surface area contributed by atoms with Crippen LogP contribution in [0.2, 0.25) is 0 Å². The first-order valence-corrected chi connectivity index (χ1v) is 9.34. The van der Waals surface area contributed by atoms with E-state index in [1.807, 2.05) is 38.1 Å². The Morgan fingerprint density at radius 1 is 0.840 bits per heavy atom. The molecule has 0 saturated heterocycles. The van der Waals surface area contributed by atoms with Gasteiger partial charge in [0, 0.05) is 5.56 Å². The van der Waals surface area contributed by atoms with Gasteiger partial charge in [-0.1, -0.05) is 42.0 Å². The molecular formula is C20H19NO3S. The molecule has 0 radical (unpaired) electrons. The molecule has 0 spiro atoms. The van der Waals surface area contributed by atoms with E-state index in [4.69, 9.17) is 0 Å². The van der Waals surface area contributed by atoms with E-state index >= 15 is 0 Å². The zero-order valence-electron chi connectivity index (χ0n) is 14.0. The summed E-state index contributed by atoms with van der Waals surface area (Å²) in [7, 11) is -3.72.